The lowest BCUT2D eigenvalue weighted by Crippen LogP contribution is -2.26. The fourth-order valence-electron chi connectivity index (χ4n) is 1.06. The van der Waals surface area contributed by atoms with Crippen LogP contribution in [-0.4, -0.2) is 23.5 Å². The van der Waals surface area contributed by atoms with E-state index < -0.39 is 11.9 Å². The molecule has 0 aliphatic heterocycles. The van der Waals surface area contributed by atoms with Gasteiger partial charge in [0.1, 0.15) is 4.88 Å². The first-order valence-electron chi connectivity index (χ1n) is 4.76. The van der Waals surface area contributed by atoms with Crippen LogP contribution in [0, 0.1) is 5.92 Å². The van der Waals surface area contributed by atoms with E-state index in [-0.39, 0.29) is 5.91 Å². The predicted octanol–water partition coefficient (Wildman–Crippen LogP) is 2.24. The van der Waals surface area contributed by atoms with Gasteiger partial charge in [-0.25, -0.2) is 0 Å². The van der Waals surface area contributed by atoms with E-state index in [2.05, 4.69) is 5.32 Å². The average molecular weight is 262 g/mol. The SMILES string of the molecule is CC(CCNC(=O)c1sccc1Cl)C(=O)O. The van der Waals surface area contributed by atoms with Gasteiger partial charge in [0.05, 0.1) is 10.9 Å². The van der Waals surface area contributed by atoms with E-state index in [9.17, 15) is 9.59 Å². The fourth-order valence-corrected chi connectivity index (χ4v) is 2.12. The smallest absolute Gasteiger partial charge is 0.306 e. The number of hydrogen-bond donors (Lipinski definition) is 2. The van der Waals surface area contributed by atoms with Crippen LogP contribution in [0.2, 0.25) is 5.02 Å². The minimum atomic E-state index is -0.858. The van der Waals surface area contributed by atoms with E-state index in [1.165, 1.54) is 11.3 Å². The molecule has 2 N–H and O–H groups in total. The van der Waals surface area contributed by atoms with E-state index >= 15 is 0 Å². The Balaban J connectivity index is 2.37. The number of halogens is 1. The third-order valence-corrected chi connectivity index (χ3v) is 3.45. The maximum Gasteiger partial charge on any atom is 0.306 e. The number of hydrogen-bond acceptors (Lipinski definition) is 3. The highest BCUT2D eigenvalue weighted by atomic mass is 35.5. The van der Waals surface area contributed by atoms with Crippen molar-refractivity contribution in [2.24, 2.45) is 5.92 Å². The van der Waals surface area contributed by atoms with Gasteiger partial charge in [0.15, 0.2) is 0 Å². The highest BCUT2D eigenvalue weighted by Gasteiger charge is 2.13. The Kier molecular flexibility index (Phi) is 4.76. The number of carboxylic acids is 1. The number of nitrogens with one attached hydrogen (secondary N) is 1. The van der Waals surface area contributed by atoms with E-state index in [0.717, 1.165) is 0 Å². The first kappa shape index (κ1) is 13.0. The summed E-state index contributed by atoms with van der Waals surface area (Å²) in [5, 5.41) is 13.4. The van der Waals surface area contributed by atoms with Gasteiger partial charge in [-0.1, -0.05) is 18.5 Å². The number of thiophene rings is 1. The molecule has 0 saturated heterocycles. The number of carbonyl (C=O) groups excluding carboxylic acids is 1. The average Bonchev–Trinajstić information content (AvgIpc) is 2.64. The summed E-state index contributed by atoms with van der Waals surface area (Å²) in [6.45, 7) is 1.94. The summed E-state index contributed by atoms with van der Waals surface area (Å²) in [7, 11) is 0. The molecule has 1 unspecified atom stereocenters. The zero-order valence-electron chi connectivity index (χ0n) is 8.70. The Morgan fingerprint density at radius 1 is 1.62 bits per heavy atom. The second kappa shape index (κ2) is 5.86. The molecular weight excluding hydrogens is 250 g/mol. The standard InChI is InChI=1S/C10H12ClNO3S/c1-6(10(14)15)2-4-12-9(13)8-7(11)3-5-16-8/h3,5-6H,2,4H2,1H3,(H,12,13)(H,14,15). The van der Waals surface area contributed by atoms with Crippen molar-refractivity contribution in [2.75, 3.05) is 6.54 Å². The Morgan fingerprint density at radius 3 is 2.81 bits per heavy atom. The molecule has 0 radical (unpaired) electrons. The summed E-state index contributed by atoms with van der Waals surface area (Å²) in [5.74, 6) is -1.57. The first-order chi connectivity index (χ1) is 7.52. The summed E-state index contributed by atoms with van der Waals surface area (Å²) in [4.78, 5) is 22.5. The van der Waals surface area contributed by atoms with Crippen LogP contribution in [0.25, 0.3) is 0 Å². The molecule has 0 spiro atoms. The predicted molar refractivity (Wildman–Crippen MR) is 63.1 cm³/mol. The lowest BCUT2D eigenvalue weighted by atomic mass is 10.1. The van der Waals surface area contributed by atoms with Gasteiger partial charge >= 0.3 is 5.97 Å². The molecule has 6 heteroatoms. The molecule has 1 amide bonds. The van der Waals surface area contributed by atoms with Gasteiger partial charge < -0.3 is 10.4 Å². The monoisotopic (exact) mass is 261 g/mol. The van der Waals surface area contributed by atoms with Gasteiger partial charge in [0, 0.05) is 6.54 Å². The topological polar surface area (TPSA) is 66.4 Å². The van der Waals surface area contributed by atoms with Crippen LogP contribution in [0.3, 0.4) is 0 Å². The van der Waals surface area contributed by atoms with Gasteiger partial charge in [-0.3, -0.25) is 9.59 Å². The van der Waals surface area contributed by atoms with Crippen molar-refractivity contribution < 1.29 is 14.7 Å². The molecule has 0 fully saturated rings. The molecule has 0 aromatic carbocycles. The minimum absolute atomic E-state index is 0.252. The molecule has 88 valence electrons. The molecule has 1 aromatic rings. The maximum absolute atomic E-state index is 11.5. The Hall–Kier alpha value is -1.07. The van der Waals surface area contributed by atoms with Crippen molar-refractivity contribution in [3.63, 3.8) is 0 Å². The molecular formula is C10H12ClNO3S. The van der Waals surface area contributed by atoms with Crippen LogP contribution in [0.5, 0.6) is 0 Å². The highest BCUT2D eigenvalue weighted by Crippen LogP contribution is 2.21. The number of amides is 1. The molecule has 1 atom stereocenters. The van der Waals surface area contributed by atoms with Crippen LogP contribution in [0.1, 0.15) is 23.0 Å². The molecule has 0 aliphatic rings. The zero-order valence-corrected chi connectivity index (χ0v) is 10.3. The third kappa shape index (κ3) is 3.50. The van der Waals surface area contributed by atoms with Crippen molar-refractivity contribution in [1.82, 2.24) is 5.32 Å². The summed E-state index contributed by atoms with van der Waals surface area (Å²) in [6.07, 6.45) is 0.407. The largest absolute Gasteiger partial charge is 0.481 e. The number of aliphatic carboxylic acids is 1. The quantitative estimate of drug-likeness (QED) is 0.854. The van der Waals surface area contributed by atoms with Crippen LogP contribution in [-0.2, 0) is 4.79 Å². The number of carboxylic acid groups (broad SMARTS) is 1. The maximum atomic E-state index is 11.5. The molecule has 0 bridgehead atoms. The van der Waals surface area contributed by atoms with E-state index in [0.29, 0.717) is 22.9 Å². The molecule has 1 rings (SSSR count). The van der Waals surface area contributed by atoms with Gasteiger partial charge in [0.2, 0.25) is 0 Å². The highest BCUT2D eigenvalue weighted by molar-refractivity contribution is 7.12. The minimum Gasteiger partial charge on any atom is -0.481 e. The lowest BCUT2D eigenvalue weighted by molar-refractivity contribution is -0.141. The van der Waals surface area contributed by atoms with Crippen molar-refractivity contribution in [3.8, 4) is 0 Å². The Morgan fingerprint density at radius 2 is 2.31 bits per heavy atom. The van der Waals surface area contributed by atoms with Crippen LogP contribution in [0.4, 0.5) is 0 Å². The van der Waals surface area contributed by atoms with Crippen molar-refractivity contribution in [1.29, 1.82) is 0 Å². The van der Waals surface area contributed by atoms with Crippen molar-refractivity contribution in [2.45, 2.75) is 13.3 Å². The molecule has 16 heavy (non-hydrogen) atoms. The molecule has 4 nitrogen and oxygen atoms in total. The molecule has 1 heterocycles. The summed E-state index contributed by atoms with van der Waals surface area (Å²) in [5.41, 5.74) is 0. The van der Waals surface area contributed by atoms with Gasteiger partial charge in [0.25, 0.3) is 5.91 Å². The Labute approximate surface area is 102 Å². The first-order valence-corrected chi connectivity index (χ1v) is 6.02. The second-order valence-corrected chi connectivity index (χ2v) is 4.70. The summed E-state index contributed by atoms with van der Waals surface area (Å²) in [6, 6.07) is 1.65. The van der Waals surface area contributed by atoms with Crippen LogP contribution < -0.4 is 5.32 Å². The zero-order chi connectivity index (χ0) is 12.1. The van der Waals surface area contributed by atoms with E-state index in [4.69, 9.17) is 16.7 Å². The van der Waals surface area contributed by atoms with Crippen molar-refractivity contribution in [3.05, 3.63) is 21.3 Å². The van der Waals surface area contributed by atoms with Crippen LogP contribution >= 0.6 is 22.9 Å². The van der Waals surface area contributed by atoms with Gasteiger partial charge in [-0.2, -0.15) is 0 Å². The molecule has 0 saturated carbocycles. The number of carbonyl (C=O) groups is 2. The van der Waals surface area contributed by atoms with Crippen LogP contribution in [0.15, 0.2) is 11.4 Å². The Bertz CT molecular complexity index is 391. The van der Waals surface area contributed by atoms with Gasteiger partial charge in [-0.05, 0) is 17.9 Å². The van der Waals surface area contributed by atoms with Gasteiger partial charge in [-0.15, -0.1) is 11.3 Å². The normalized spacial score (nSPS) is 12.1. The summed E-state index contributed by atoms with van der Waals surface area (Å²) < 4.78 is 0. The van der Waals surface area contributed by atoms with E-state index in [1.54, 1.807) is 18.4 Å². The lowest BCUT2D eigenvalue weighted by Gasteiger charge is -2.07. The third-order valence-electron chi connectivity index (χ3n) is 2.11. The summed E-state index contributed by atoms with van der Waals surface area (Å²) >= 11 is 7.04. The molecule has 1 aromatic heterocycles. The van der Waals surface area contributed by atoms with E-state index in [1.807, 2.05) is 0 Å². The van der Waals surface area contributed by atoms with Crippen molar-refractivity contribution >= 4 is 34.8 Å². The molecule has 0 aliphatic carbocycles. The number of rotatable bonds is 5. The second-order valence-electron chi connectivity index (χ2n) is 3.38. The fraction of sp³-hybridized carbons (Fsp3) is 0.400.